The molecule has 17 heavy (non-hydrogen) atoms. The number of hydrogen-bond acceptors (Lipinski definition) is 3. The Balaban J connectivity index is 2.04. The molecule has 1 aromatic heterocycles. The minimum absolute atomic E-state index is 0.0125. The van der Waals surface area contributed by atoms with Gasteiger partial charge in [0.25, 0.3) is 0 Å². The summed E-state index contributed by atoms with van der Waals surface area (Å²) < 4.78 is 6.47. The highest BCUT2D eigenvalue weighted by Gasteiger charge is 2.02. The lowest BCUT2D eigenvalue weighted by atomic mass is 10.2. The maximum atomic E-state index is 9.13. The molecule has 2 aromatic rings. The Bertz CT molecular complexity index is 488. The summed E-state index contributed by atoms with van der Waals surface area (Å²) in [6.45, 7) is 0.411. The van der Waals surface area contributed by atoms with Crippen LogP contribution in [-0.2, 0) is 13.2 Å². The molecular weight excluding hydrogens is 282 g/mol. The summed E-state index contributed by atoms with van der Waals surface area (Å²) in [6.07, 6.45) is 1.74. The zero-order valence-corrected chi connectivity index (χ0v) is 10.7. The maximum Gasteiger partial charge on any atom is 0.130 e. The van der Waals surface area contributed by atoms with Crippen LogP contribution < -0.4 is 4.74 Å². The number of rotatable bonds is 4. The van der Waals surface area contributed by atoms with Crippen LogP contribution in [0.25, 0.3) is 0 Å². The van der Waals surface area contributed by atoms with Gasteiger partial charge in [0.15, 0.2) is 0 Å². The van der Waals surface area contributed by atoms with Gasteiger partial charge < -0.3 is 9.84 Å². The van der Waals surface area contributed by atoms with Crippen molar-refractivity contribution in [2.75, 3.05) is 0 Å². The normalized spacial score (nSPS) is 10.2. The van der Waals surface area contributed by atoms with E-state index in [1.165, 1.54) is 0 Å². The number of benzene rings is 1. The molecule has 1 aromatic carbocycles. The molecule has 3 nitrogen and oxygen atoms in total. The number of aromatic nitrogens is 1. The van der Waals surface area contributed by atoms with Gasteiger partial charge in [-0.25, -0.2) is 0 Å². The third kappa shape index (κ3) is 3.28. The molecular formula is C13H12BrNO2. The molecule has 0 aliphatic heterocycles. The third-order valence-corrected chi connectivity index (χ3v) is 3.07. The smallest absolute Gasteiger partial charge is 0.130 e. The number of pyridine rings is 1. The van der Waals surface area contributed by atoms with Crippen LogP contribution in [0.1, 0.15) is 11.3 Å². The highest BCUT2D eigenvalue weighted by atomic mass is 79.9. The van der Waals surface area contributed by atoms with E-state index in [9.17, 15) is 0 Å². The van der Waals surface area contributed by atoms with Crippen molar-refractivity contribution in [3.8, 4) is 5.75 Å². The summed E-state index contributed by atoms with van der Waals surface area (Å²) in [5.74, 6) is 0.725. The van der Waals surface area contributed by atoms with Gasteiger partial charge in [-0.05, 0) is 35.9 Å². The van der Waals surface area contributed by atoms with Crippen LogP contribution in [0, 0.1) is 0 Å². The van der Waals surface area contributed by atoms with Gasteiger partial charge in [-0.3, -0.25) is 4.98 Å². The van der Waals surface area contributed by atoms with Crippen molar-refractivity contribution in [1.82, 2.24) is 4.98 Å². The highest BCUT2D eigenvalue weighted by Crippen LogP contribution is 2.23. The molecule has 88 valence electrons. The minimum atomic E-state index is -0.0125. The Morgan fingerprint density at radius 2 is 2.12 bits per heavy atom. The van der Waals surface area contributed by atoms with E-state index in [0.29, 0.717) is 6.61 Å². The van der Waals surface area contributed by atoms with E-state index >= 15 is 0 Å². The summed E-state index contributed by atoms with van der Waals surface area (Å²) in [5.41, 5.74) is 1.68. The quantitative estimate of drug-likeness (QED) is 0.942. The van der Waals surface area contributed by atoms with Gasteiger partial charge in [-0.15, -0.1) is 0 Å². The highest BCUT2D eigenvalue weighted by molar-refractivity contribution is 9.10. The zero-order valence-electron chi connectivity index (χ0n) is 9.14. The van der Waals surface area contributed by atoms with Gasteiger partial charge in [0.05, 0.1) is 12.3 Å². The maximum absolute atomic E-state index is 9.13. The van der Waals surface area contributed by atoms with Crippen LogP contribution in [0.3, 0.4) is 0 Å². The second kappa shape index (κ2) is 5.80. The summed E-state index contributed by atoms with van der Waals surface area (Å²) in [6, 6.07) is 11.2. The summed E-state index contributed by atoms with van der Waals surface area (Å²) >= 11 is 3.36. The Kier molecular flexibility index (Phi) is 4.12. The van der Waals surface area contributed by atoms with Gasteiger partial charge in [0.2, 0.25) is 0 Å². The molecule has 4 heteroatoms. The third-order valence-electron chi connectivity index (χ3n) is 2.30. The molecule has 0 aliphatic rings. The van der Waals surface area contributed by atoms with Crippen molar-refractivity contribution in [2.45, 2.75) is 13.2 Å². The van der Waals surface area contributed by atoms with Crippen LogP contribution in [0.5, 0.6) is 5.75 Å². The Hall–Kier alpha value is -1.39. The molecule has 0 aliphatic carbocycles. The second-order valence-electron chi connectivity index (χ2n) is 3.52. The second-order valence-corrected chi connectivity index (χ2v) is 4.38. The number of hydrogen-bond donors (Lipinski definition) is 1. The lowest BCUT2D eigenvalue weighted by Crippen LogP contribution is -1.98. The number of ether oxygens (including phenoxy) is 1. The fourth-order valence-corrected chi connectivity index (χ4v) is 1.77. The first kappa shape index (κ1) is 12.1. The first-order chi connectivity index (χ1) is 8.29. The standard InChI is InChI=1S/C13H12BrNO2/c14-13-5-4-12(7-10(13)8-16)17-9-11-3-1-2-6-15-11/h1-7,16H,8-9H2. The number of halogens is 1. The molecule has 0 saturated heterocycles. The van der Waals surface area contributed by atoms with Crippen molar-refractivity contribution in [1.29, 1.82) is 0 Å². The van der Waals surface area contributed by atoms with Crippen molar-refractivity contribution in [3.05, 3.63) is 58.3 Å². The van der Waals surface area contributed by atoms with Crippen LogP contribution in [0.2, 0.25) is 0 Å². The number of nitrogens with zero attached hydrogens (tertiary/aromatic N) is 1. The molecule has 2 rings (SSSR count). The van der Waals surface area contributed by atoms with E-state index in [4.69, 9.17) is 9.84 Å². The van der Waals surface area contributed by atoms with Crippen molar-refractivity contribution in [3.63, 3.8) is 0 Å². The van der Waals surface area contributed by atoms with Crippen molar-refractivity contribution < 1.29 is 9.84 Å². The SMILES string of the molecule is OCc1cc(OCc2ccccn2)ccc1Br. The van der Waals surface area contributed by atoms with Gasteiger partial charge >= 0.3 is 0 Å². The fourth-order valence-electron chi connectivity index (χ4n) is 1.40. The van der Waals surface area contributed by atoms with Gasteiger partial charge in [-0.1, -0.05) is 22.0 Å². The van der Waals surface area contributed by atoms with Crippen LogP contribution in [0.4, 0.5) is 0 Å². The van der Waals surface area contributed by atoms with Crippen LogP contribution in [0.15, 0.2) is 47.1 Å². The molecule has 0 radical (unpaired) electrons. The largest absolute Gasteiger partial charge is 0.487 e. The van der Waals surface area contributed by atoms with E-state index in [0.717, 1.165) is 21.5 Å². The zero-order chi connectivity index (χ0) is 12.1. The average molecular weight is 294 g/mol. The monoisotopic (exact) mass is 293 g/mol. The van der Waals surface area contributed by atoms with Crippen molar-refractivity contribution >= 4 is 15.9 Å². The lowest BCUT2D eigenvalue weighted by Gasteiger charge is -2.08. The number of aliphatic hydroxyl groups is 1. The topological polar surface area (TPSA) is 42.4 Å². The summed E-state index contributed by atoms with van der Waals surface area (Å²) in [5, 5.41) is 9.13. The first-order valence-electron chi connectivity index (χ1n) is 5.21. The molecule has 0 fully saturated rings. The minimum Gasteiger partial charge on any atom is -0.487 e. The van der Waals surface area contributed by atoms with E-state index in [1.54, 1.807) is 6.20 Å². The number of aliphatic hydroxyl groups excluding tert-OH is 1. The van der Waals surface area contributed by atoms with E-state index < -0.39 is 0 Å². The van der Waals surface area contributed by atoms with Crippen molar-refractivity contribution in [2.24, 2.45) is 0 Å². The predicted molar refractivity (Wildman–Crippen MR) is 68.6 cm³/mol. The van der Waals surface area contributed by atoms with Crippen LogP contribution >= 0.6 is 15.9 Å². The molecule has 1 heterocycles. The molecule has 1 N–H and O–H groups in total. The van der Waals surface area contributed by atoms with Gasteiger partial charge in [-0.2, -0.15) is 0 Å². The predicted octanol–water partition coefficient (Wildman–Crippen LogP) is 2.92. The first-order valence-corrected chi connectivity index (χ1v) is 6.01. The molecule has 0 bridgehead atoms. The fraction of sp³-hybridized carbons (Fsp3) is 0.154. The Morgan fingerprint density at radius 1 is 1.24 bits per heavy atom. The lowest BCUT2D eigenvalue weighted by molar-refractivity contribution is 0.276. The molecule has 0 saturated carbocycles. The van der Waals surface area contributed by atoms with E-state index in [1.807, 2.05) is 36.4 Å². The van der Waals surface area contributed by atoms with Gasteiger partial charge in [0.1, 0.15) is 12.4 Å². The molecule has 0 atom stereocenters. The van der Waals surface area contributed by atoms with Crippen LogP contribution in [-0.4, -0.2) is 10.1 Å². The molecule has 0 unspecified atom stereocenters. The molecule has 0 amide bonds. The van der Waals surface area contributed by atoms with E-state index in [-0.39, 0.29) is 6.61 Å². The Morgan fingerprint density at radius 3 is 2.82 bits per heavy atom. The summed E-state index contributed by atoms with van der Waals surface area (Å²) in [7, 11) is 0. The van der Waals surface area contributed by atoms with E-state index in [2.05, 4.69) is 20.9 Å². The molecule has 0 spiro atoms. The Labute approximate surface area is 108 Å². The van der Waals surface area contributed by atoms with Gasteiger partial charge in [0, 0.05) is 10.7 Å². The summed E-state index contributed by atoms with van der Waals surface area (Å²) in [4.78, 5) is 4.17. The average Bonchev–Trinajstić information content (AvgIpc) is 2.39.